The molecule has 16 heavy (non-hydrogen) atoms. The van der Waals surface area contributed by atoms with Crippen LogP contribution in [0.5, 0.6) is 0 Å². The van der Waals surface area contributed by atoms with E-state index in [0.29, 0.717) is 5.56 Å². The molecule has 1 amide bonds. The summed E-state index contributed by atoms with van der Waals surface area (Å²) in [7, 11) is -3.80. The van der Waals surface area contributed by atoms with Crippen LogP contribution in [-0.2, 0) is 14.6 Å². The molecule has 0 bridgehead atoms. The maximum absolute atomic E-state index is 12.0. The van der Waals surface area contributed by atoms with Gasteiger partial charge in [-0.2, -0.15) is 0 Å². The van der Waals surface area contributed by atoms with Crippen LogP contribution in [0.4, 0.5) is 0 Å². The number of carbonyl (C=O) groups is 1. The van der Waals surface area contributed by atoms with Crippen LogP contribution >= 0.6 is 11.6 Å². The molecule has 2 N–H and O–H groups in total. The largest absolute Gasteiger partial charge is 0.369 e. The second-order valence-electron chi connectivity index (χ2n) is 3.48. The lowest BCUT2D eigenvalue weighted by Gasteiger charge is -2.11. The van der Waals surface area contributed by atoms with Crippen LogP contribution < -0.4 is 5.73 Å². The fraction of sp³-hybridized carbons (Fsp3) is 0.300. The van der Waals surface area contributed by atoms with Crippen LogP contribution in [-0.4, -0.2) is 19.6 Å². The number of hydrogen-bond acceptors (Lipinski definition) is 3. The molecule has 0 saturated carbocycles. The van der Waals surface area contributed by atoms with Crippen molar-refractivity contribution < 1.29 is 13.2 Å². The molecule has 1 aromatic carbocycles. The molecular formula is C10H12ClNO3S. The molecule has 0 spiro atoms. The molecule has 0 saturated heterocycles. The van der Waals surface area contributed by atoms with Crippen molar-refractivity contribution in [3.63, 3.8) is 0 Å². The topological polar surface area (TPSA) is 77.2 Å². The summed E-state index contributed by atoms with van der Waals surface area (Å²) < 4.78 is 23.9. The lowest BCUT2D eigenvalue weighted by molar-refractivity contribution is -0.117. The predicted octanol–water partition coefficient (Wildman–Crippen LogP) is 1.30. The Morgan fingerprint density at radius 1 is 1.44 bits per heavy atom. The van der Waals surface area contributed by atoms with Crippen LogP contribution in [0.2, 0.25) is 5.02 Å². The quantitative estimate of drug-likeness (QED) is 0.891. The number of halogens is 1. The van der Waals surface area contributed by atoms with Gasteiger partial charge in [0.15, 0.2) is 9.84 Å². The highest BCUT2D eigenvalue weighted by Gasteiger charge is 2.30. The van der Waals surface area contributed by atoms with E-state index in [4.69, 9.17) is 17.3 Å². The van der Waals surface area contributed by atoms with E-state index in [1.165, 1.54) is 13.0 Å². The number of nitrogens with two attached hydrogens (primary N) is 1. The van der Waals surface area contributed by atoms with Crippen molar-refractivity contribution >= 4 is 27.3 Å². The number of primary amides is 1. The Labute approximate surface area is 99.3 Å². The van der Waals surface area contributed by atoms with E-state index in [1.54, 1.807) is 19.1 Å². The average molecular weight is 262 g/mol. The Morgan fingerprint density at radius 3 is 2.50 bits per heavy atom. The summed E-state index contributed by atoms with van der Waals surface area (Å²) in [6.45, 7) is 2.94. The normalized spacial score (nSPS) is 13.4. The van der Waals surface area contributed by atoms with Crippen molar-refractivity contribution in [2.24, 2.45) is 5.73 Å². The van der Waals surface area contributed by atoms with Crippen molar-refractivity contribution in [2.45, 2.75) is 24.0 Å². The zero-order valence-corrected chi connectivity index (χ0v) is 10.5. The molecule has 0 heterocycles. The Hall–Kier alpha value is -1.07. The van der Waals surface area contributed by atoms with Crippen LogP contribution in [0.15, 0.2) is 23.1 Å². The lowest BCUT2D eigenvalue weighted by Crippen LogP contribution is -2.33. The SMILES string of the molecule is Cc1cccc(S(=O)(=O)C(C)C(N)=O)c1Cl. The molecule has 1 unspecified atom stereocenters. The Balaban J connectivity index is 3.39. The van der Waals surface area contributed by atoms with Crippen molar-refractivity contribution in [2.75, 3.05) is 0 Å². The van der Waals surface area contributed by atoms with Gasteiger partial charge in [0.05, 0.1) is 9.92 Å². The molecule has 0 aromatic heterocycles. The second-order valence-corrected chi connectivity index (χ2v) is 6.09. The summed E-state index contributed by atoms with van der Waals surface area (Å²) in [5.41, 5.74) is 5.62. The maximum atomic E-state index is 12.0. The molecule has 88 valence electrons. The number of benzene rings is 1. The van der Waals surface area contributed by atoms with Gasteiger partial charge in [0, 0.05) is 0 Å². The van der Waals surface area contributed by atoms with Gasteiger partial charge in [0.25, 0.3) is 0 Å². The molecule has 0 fully saturated rings. The first-order valence-electron chi connectivity index (χ1n) is 4.56. The third kappa shape index (κ3) is 2.20. The highest BCUT2D eigenvalue weighted by atomic mass is 35.5. The van der Waals surface area contributed by atoms with E-state index >= 15 is 0 Å². The highest BCUT2D eigenvalue weighted by Crippen LogP contribution is 2.27. The fourth-order valence-corrected chi connectivity index (χ4v) is 3.00. The van der Waals surface area contributed by atoms with E-state index in [2.05, 4.69) is 0 Å². The summed E-state index contributed by atoms with van der Waals surface area (Å²) in [4.78, 5) is 10.9. The minimum atomic E-state index is -3.80. The first kappa shape index (κ1) is 13.0. The number of hydrogen-bond donors (Lipinski definition) is 1. The van der Waals surface area contributed by atoms with E-state index < -0.39 is 21.0 Å². The van der Waals surface area contributed by atoms with Crippen molar-refractivity contribution in [1.29, 1.82) is 0 Å². The van der Waals surface area contributed by atoms with Gasteiger partial charge in [0.1, 0.15) is 5.25 Å². The number of sulfone groups is 1. The fourth-order valence-electron chi connectivity index (χ4n) is 1.18. The summed E-state index contributed by atoms with van der Waals surface area (Å²) in [5.74, 6) is -0.891. The molecule has 0 aliphatic rings. The summed E-state index contributed by atoms with van der Waals surface area (Å²) in [6.07, 6.45) is 0. The van der Waals surface area contributed by atoms with Gasteiger partial charge in [0.2, 0.25) is 5.91 Å². The van der Waals surface area contributed by atoms with Crippen LogP contribution in [0.25, 0.3) is 0 Å². The number of aryl methyl sites for hydroxylation is 1. The zero-order chi connectivity index (χ0) is 12.5. The third-order valence-corrected chi connectivity index (χ3v) is 5.06. The smallest absolute Gasteiger partial charge is 0.235 e. The lowest BCUT2D eigenvalue weighted by atomic mass is 10.2. The van der Waals surface area contributed by atoms with Gasteiger partial charge in [-0.3, -0.25) is 4.79 Å². The Morgan fingerprint density at radius 2 is 2.00 bits per heavy atom. The summed E-state index contributed by atoms with van der Waals surface area (Å²) in [5, 5.41) is -1.15. The van der Waals surface area contributed by atoms with E-state index in [1.807, 2.05) is 0 Å². The van der Waals surface area contributed by atoms with Gasteiger partial charge >= 0.3 is 0 Å². The van der Waals surface area contributed by atoms with Crippen molar-refractivity contribution in [3.8, 4) is 0 Å². The molecule has 4 nitrogen and oxygen atoms in total. The molecule has 0 radical (unpaired) electrons. The summed E-state index contributed by atoms with van der Waals surface area (Å²) in [6, 6.07) is 4.63. The van der Waals surface area contributed by atoms with Gasteiger partial charge < -0.3 is 5.73 Å². The Kier molecular flexibility index (Phi) is 3.60. The second kappa shape index (κ2) is 4.43. The average Bonchev–Trinajstić information content (AvgIpc) is 2.20. The minimum absolute atomic E-state index is 0.0551. The molecular weight excluding hydrogens is 250 g/mol. The third-order valence-electron chi connectivity index (χ3n) is 2.33. The molecule has 0 aliphatic carbocycles. The van der Waals surface area contributed by atoms with E-state index in [0.717, 1.165) is 0 Å². The molecule has 1 aromatic rings. The number of amides is 1. The van der Waals surface area contributed by atoms with Crippen LogP contribution in [0.3, 0.4) is 0 Å². The highest BCUT2D eigenvalue weighted by molar-refractivity contribution is 7.92. The van der Waals surface area contributed by atoms with Gasteiger partial charge in [-0.25, -0.2) is 8.42 Å². The van der Waals surface area contributed by atoms with E-state index in [9.17, 15) is 13.2 Å². The molecule has 1 rings (SSSR count). The Bertz CT molecular complexity index is 525. The summed E-state index contributed by atoms with van der Waals surface area (Å²) >= 11 is 5.90. The van der Waals surface area contributed by atoms with Crippen LogP contribution in [0.1, 0.15) is 12.5 Å². The van der Waals surface area contributed by atoms with Crippen molar-refractivity contribution in [3.05, 3.63) is 28.8 Å². The molecule has 1 atom stereocenters. The zero-order valence-electron chi connectivity index (χ0n) is 8.90. The van der Waals surface area contributed by atoms with Crippen molar-refractivity contribution in [1.82, 2.24) is 0 Å². The van der Waals surface area contributed by atoms with Gasteiger partial charge in [-0.15, -0.1) is 0 Å². The number of rotatable bonds is 3. The maximum Gasteiger partial charge on any atom is 0.235 e. The minimum Gasteiger partial charge on any atom is -0.369 e. The van der Waals surface area contributed by atoms with Crippen LogP contribution in [0, 0.1) is 6.92 Å². The monoisotopic (exact) mass is 261 g/mol. The molecule has 6 heteroatoms. The predicted molar refractivity (Wildman–Crippen MR) is 62.0 cm³/mol. The van der Waals surface area contributed by atoms with Gasteiger partial charge in [-0.05, 0) is 25.5 Å². The standard InChI is InChI=1S/C10H12ClNO3S/c1-6-4-3-5-8(9(6)11)16(14,15)7(2)10(12)13/h3-5,7H,1-2H3,(H2,12,13). The first-order chi connectivity index (χ1) is 7.28. The number of carbonyl (C=O) groups excluding carboxylic acids is 1. The molecule has 0 aliphatic heterocycles. The van der Waals surface area contributed by atoms with E-state index in [-0.39, 0.29) is 9.92 Å². The van der Waals surface area contributed by atoms with Gasteiger partial charge in [-0.1, -0.05) is 23.7 Å². The first-order valence-corrected chi connectivity index (χ1v) is 6.49.